The van der Waals surface area contributed by atoms with Crippen molar-refractivity contribution in [2.24, 2.45) is 5.41 Å². The smallest absolute Gasteiger partial charge is 0.0530 e. The van der Waals surface area contributed by atoms with E-state index in [2.05, 4.69) is 32.8 Å². The van der Waals surface area contributed by atoms with Crippen molar-refractivity contribution < 1.29 is 4.74 Å². The largest absolute Gasteiger partial charge is 0.384 e. The van der Waals surface area contributed by atoms with Crippen molar-refractivity contribution in [1.29, 1.82) is 0 Å². The summed E-state index contributed by atoms with van der Waals surface area (Å²) in [7, 11) is 6.17. The molecule has 0 amide bonds. The summed E-state index contributed by atoms with van der Waals surface area (Å²) in [6.45, 7) is 6.60. The van der Waals surface area contributed by atoms with Gasteiger partial charge in [0.1, 0.15) is 0 Å². The lowest BCUT2D eigenvalue weighted by Crippen LogP contribution is -2.37. The van der Waals surface area contributed by atoms with Gasteiger partial charge in [-0.15, -0.1) is 0 Å². The van der Waals surface area contributed by atoms with Crippen LogP contribution in [0.25, 0.3) is 0 Å². The molecular weight excluding hydrogens is 198 g/mol. The molecule has 0 radical (unpaired) electrons. The molecule has 0 aromatic heterocycles. The summed E-state index contributed by atoms with van der Waals surface area (Å²) >= 11 is 0. The lowest BCUT2D eigenvalue weighted by atomic mass is 9.78. The molecule has 2 nitrogen and oxygen atoms in total. The van der Waals surface area contributed by atoms with Gasteiger partial charge in [0.25, 0.3) is 0 Å². The average Bonchev–Trinajstić information content (AvgIpc) is 2.23. The van der Waals surface area contributed by atoms with Crippen LogP contribution in [-0.2, 0) is 4.74 Å². The van der Waals surface area contributed by atoms with E-state index in [0.29, 0.717) is 5.41 Å². The highest BCUT2D eigenvalue weighted by Crippen LogP contribution is 2.32. The first-order valence-electron chi connectivity index (χ1n) is 6.74. The van der Waals surface area contributed by atoms with Gasteiger partial charge in [-0.05, 0) is 26.9 Å². The molecule has 0 aromatic rings. The van der Waals surface area contributed by atoms with Crippen molar-refractivity contribution in [3.8, 4) is 0 Å². The second kappa shape index (κ2) is 9.00. The third-order valence-electron chi connectivity index (χ3n) is 3.22. The predicted molar refractivity (Wildman–Crippen MR) is 71.9 cm³/mol. The van der Waals surface area contributed by atoms with Crippen LogP contribution >= 0.6 is 0 Å². The minimum Gasteiger partial charge on any atom is -0.384 e. The van der Waals surface area contributed by atoms with E-state index >= 15 is 0 Å². The Kier molecular flexibility index (Phi) is 8.96. The van der Waals surface area contributed by atoms with Gasteiger partial charge in [0, 0.05) is 19.1 Å². The number of rotatable bonds is 10. The van der Waals surface area contributed by atoms with Crippen molar-refractivity contribution in [2.75, 3.05) is 34.4 Å². The van der Waals surface area contributed by atoms with E-state index in [-0.39, 0.29) is 0 Å². The quantitative estimate of drug-likeness (QED) is 0.568. The molecule has 0 atom stereocenters. The molecule has 0 heterocycles. The van der Waals surface area contributed by atoms with Gasteiger partial charge >= 0.3 is 0 Å². The van der Waals surface area contributed by atoms with Crippen LogP contribution in [-0.4, -0.2) is 39.3 Å². The lowest BCUT2D eigenvalue weighted by molar-refractivity contribution is 0.0403. The first-order valence-corrected chi connectivity index (χ1v) is 6.74. The zero-order valence-electron chi connectivity index (χ0n) is 12.0. The summed E-state index contributed by atoms with van der Waals surface area (Å²) in [5.74, 6) is 0. The first-order chi connectivity index (χ1) is 7.60. The summed E-state index contributed by atoms with van der Waals surface area (Å²) < 4.78 is 5.48. The fourth-order valence-electron chi connectivity index (χ4n) is 2.55. The van der Waals surface area contributed by atoms with Crippen LogP contribution in [0.1, 0.15) is 52.4 Å². The Morgan fingerprint density at radius 2 is 1.50 bits per heavy atom. The SMILES string of the molecule is CCCCC(CCCC)(COC)CN(C)C. The fraction of sp³-hybridized carbons (Fsp3) is 1.00. The summed E-state index contributed by atoms with van der Waals surface area (Å²) in [6.07, 6.45) is 7.81. The van der Waals surface area contributed by atoms with Gasteiger partial charge in [-0.2, -0.15) is 0 Å². The van der Waals surface area contributed by atoms with Gasteiger partial charge in [0.2, 0.25) is 0 Å². The van der Waals surface area contributed by atoms with E-state index in [9.17, 15) is 0 Å². The van der Waals surface area contributed by atoms with Crippen LogP contribution < -0.4 is 0 Å². The molecule has 0 rings (SSSR count). The van der Waals surface area contributed by atoms with Crippen LogP contribution in [0.4, 0.5) is 0 Å². The number of hydrogen-bond acceptors (Lipinski definition) is 2. The van der Waals surface area contributed by atoms with Crippen LogP contribution in [0.5, 0.6) is 0 Å². The van der Waals surface area contributed by atoms with E-state index in [1.807, 2.05) is 7.11 Å². The normalized spacial score (nSPS) is 12.4. The van der Waals surface area contributed by atoms with E-state index in [1.165, 1.54) is 38.5 Å². The Morgan fingerprint density at radius 1 is 1.00 bits per heavy atom. The van der Waals surface area contributed by atoms with Gasteiger partial charge in [-0.1, -0.05) is 39.5 Å². The lowest BCUT2D eigenvalue weighted by Gasteiger charge is -2.36. The van der Waals surface area contributed by atoms with Crippen molar-refractivity contribution in [3.63, 3.8) is 0 Å². The molecule has 0 saturated heterocycles. The van der Waals surface area contributed by atoms with Crippen LogP contribution in [0.15, 0.2) is 0 Å². The maximum Gasteiger partial charge on any atom is 0.0530 e. The highest BCUT2D eigenvalue weighted by atomic mass is 16.5. The van der Waals surface area contributed by atoms with Gasteiger partial charge in [0.15, 0.2) is 0 Å². The number of unbranched alkanes of at least 4 members (excludes halogenated alkanes) is 2. The van der Waals surface area contributed by atoms with Crippen LogP contribution in [0.2, 0.25) is 0 Å². The zero-order valence-corrected chi connectivity index (χ0v) is 12.0. The maximum absolute atomic E-state index is 5.48. The van der Waals surface area contributed by atoms with Crippen molar-refractivity contribution in [3.05, 3.63) is 0 Å². The highest BCUT2D eigenvalue weighted by molar-refractivity contribution is 4.81. The van der Waals surface area contributed by atoms with E-state index in [1.54, 1.807) is 0 Å². The molecule has 2 heteroatoms. The number of nitrogens with zero attached hydrogens (tertiary/aromatic N) is 1. The monoisotopic (exact) mass is 229 g/mol. The second-order valence-electron chi connectivity index (χ2n) is 5.38. The molecule has 0 fully saturated rings. The van der Waals surface area contributed by atoms with Crippen molar-refractivity contribution in [2.45, 2.75) is 52.4 Å². The molecule has 16 heavy (non-hydrogen) atoms. The minimum atomic E-state index is 0.379. The molecule has 0 bridgehead atoms. The summed E-state index contributed by atoms with van der Waals surface area (Å²) in [5.41, 5.74) is 0.379. The summed E-state index contributed by atoms with van der Waals surface area (Å²) in [6, 6.07) is 0. The van der Waals surface area contributed by atoms with Crippen LogP contribution in [0, 0.1) is 5.41 Å². The molecule has 0 unspecified atom stereocenters. The molecule has 0 aliphatic rings. The second-order valence-corrected chi connectivity index (χ2v) is 5.38. The van der Waals surface area contributed by atoms with Crippen molar-refractivity contribution >= 4 is 0 Å². The summed E-state index contributed by atoms with van der Waals surface area (Å²) in [4.78, 5) is 2.31. The standard InChI is InChI=1S/C14H31NO/c1-6-8-10-14(13-16-5,11-9-7-2)12-15(3)4/h6-13H2,1-5H3. The molecule has 0 spiro atoms. The molecule has 98 valence electrons. The Morgan fingerprint density at radius 3 is 1.81 bits per heavy atom. The van der Waals surface area contributed by atoms with Crippen LogP contribution in [0.3, 0.4) is 0 Å². The Labute approximate surface area is 102 Å². The molecule has 0 aliphatic heterocycles. The van der Waals surface area contributed by atoms with E-state index in [4.69, 9.17) is 4.74 Å². The van der Waals surface area contributed by atoms with Gasteiger partial charge in [-0.25, -0.2) is 0 Å². The Balaban J connectivity index is 4.45. The molecule has 0 saturated carbocycles. The molecule has 0 aliphatic carbocycles. The fourth-order valence-corrected chi connectivity index (χ4v) is 2.55. The average molecular weight is 229 g/mol. The number of methoxy groups -OCH3 is 1. The molecular formula is C14H31NO. The first kappa shape index (κ1) is 15.9. The predicted octanol–water partition coefficient (Wildman–Crippen LogP) is 3.56. The van der Waals surface area contributed by atoms with Gasteiger partial charge in [0.05, 0.1) is 6.61 Å². The third kappa shape index (κ3) is 6.49. The number of ether oxygens (including phenoxy) is 1. The van der Waals surface area contributed by atoms with Crippen molar-refractivity contribution in [1.82, 2.24) is 4.90 Å². The van der Waals surface area contributed by atoms with Gasteiger partial charge in [-0.3, -0.25) is 0 Å². The molecule has 0 N–H and O–H groups in total. The zero-order chi connectivity index (χ0) is 12.4. The highest BCUT2D eigenvalue weighted by Gasteiger charge is 2.29. The maximum atomic E-state index is 5.48. The van der Waals surface area contributed by atoms with E-state index < -0.39 is 0 Å². The minimum absolute atomic E-state index is 0.379. The Bertz CT molecular complexity index is 149. The molecule has 0 aromatic carbocycles. The van der Waals surface area contributed by atoms with Gasteiger partial charge < -0.3 is 9.64 Å². The topological polar surface area (TPSA) is 12.5 Å². The number of hydrogen-bond donors (Lipinski definition) is 0. The summed E-state index contributed by atoms with van der Waals surface area (Å²) in [5, 5.41) is 0. The van der Waals surface area contributed by atoms with E-state index in [0.717, 1.165) is 13.2 Å². The Hall–Kier alpha value is -0.0800. The third-order valence-corrected chi connectivity index (χ3v) is 3.22.